The van der Waals surface area contributed by atoms with Gasteiger partial charge in [-0.3, -0.25) is 4.79 Å². The number of carbonyl (C=O) groups excluding carboxylic acids is 1. The van der Waals surface area contributed by atoms with E-state index in [1.165, 1.54) is 12.1 Å². The van der Waals surface area contributed by atoms with Crippen LogP contribution in [0.25, 0.3) is 0 Å². The van der Waals surface area contributed by atoms with E-state index in [1.807, 2.05) is 13.8 Å². The molecule has 0 aliphatic carbocycles. The number of benzene rings is 1. The zero-order chi connectivity index (χ0) is 14.3. The quantitative estimate of drug-likeness (QED) is 0.796. The van der Waals surface area contributed by atoms with E-state index in [1.54, 1.807) is 12.1 Å². The first kappa shape index (κ1) is 15.6. The highest BCUT2D eigenvalue weighted by molar-refractivity contribution is 5.76. The molecule has 1 amide bonds. The molecule has 0 radical (unpaired) electrons. The van der Waals surface area contributed by atoms with Crippen LogP contribution in [0.15, 0.2) is 24.3 Å². The number of nitrogens with one attached hydrogen (secondary N) is 2. The van der Waals surface area contributed by atoms with Crippen LogP contribution in [0.1, 0.15) is 45.2 Å². The standard InChI is InChI=1S/C15H23FN2O/c1-4-14(12-5-7-13(16)8-6-12)17-10-9-15(19)18-11(2)3/h5-8,11,14,17H,4,9-10H2,1-3H3,(H,18,19). The van der Waals surface area contributed by atoms with Crippen LogP contribution in [0.3, 0.4) is 0 Å². The van der Waals surface area contributed by atoms with Gasteiger partial charge in [0.05, 0.1) is 0 Å². The van der Waals surface area contributed by atoms with Crippen LogP contribution < -0.4 is 10.6 Å². The summed E-state index contributed by atoms with van der Waals surface area (Å²) < 4.78 is 12.9. The van der Waals surface area contributed by atoms with Gasteiger partial charge < -0.3 is 10.6 Å². The first-order valence-corrected chi connectivity index (χ1v) is 6.81. The monoisotopic (exact) mass is 266 g/mol. The SMILES string of the molecule is CCC(NCCC(=O)NC(C)C)c1ccc(F)cc1. The molecule has 1 aromatic carbocycles. The fourth-order valence-electron chi connectivity index (χ4n) is 1.95. The Morgan fingerprint density at radius 2 is 1.89 bits per heavy atom. The third kappa shape index (κ3) is 5.83. The Morgan fingerprint density at radius 1 is 1.26 bits per heavy atom. The fourth-order valence-corrected chi connectivity index (χ4v) is 1.95. The predicted molar refractivity (Wildman–Crippen MR) is 75.3 cm³/mol. The molecule has 0 aromatic heterocycles. The van der Waals surface area contributed by atoms with Gasteiger partial charge in [0.15, 0.2) is 0 Å². The smallest absolute Gasteiger partial charge is 0.221 e. The lowest BCUT2D eigenvalue weighted by Crippen LogP contribution is -2.33. The Hall–Kier alpha value is -1.42. The highest BCUT2D eigenvalue weighted by atomic mass is 19.1. The number of halogens is 1. The maximum Gasteiger partial charge on any atom is 0.221 e. The van der Waals surface area contributed by atoms with Crippen LogP contribution in [0.4, 0.5) is 4.39 Å². The van der Waals surface area contributed by atoms with Crippen molar-refractivity contribution in [3.63, 3.8) is 0 Å². The molecule has 0 heterocycles. The second kappa shape index (κ2) is 7.89. The lowest BCUT2D eigenvalue weighted by molar-refractivity contribution is -0.121. The number of rotatable bonds is 7. The van der Waals surface area contributed by atoms with Gasteiger partial charge in [0.1, 0.15) is 5.82 Å². The van der Waals surface area contributed by atoms with E-state index in [0.29, 0.717) is 13.0 Å². The lowest BCUT2D eigenvalue weighted by Gasteiger charge is -2.17. The summed E-state index contributed by atoms with van der Waals surface area (Å²) in [6, 6.07) is 6.82. The number of hydrogen-bond donors (Lipinski definition) is 2. The highest BCUT2D eigenvalue weighted by Crippen LogP contribution is 2.16. The molecular weight excluding hydrogens is 243 g/mol. The van der Waals surface area contributed by atoms with E-state index in [2.05, 4.69) is 17.6 Å². The van der Waals surface area contributed by atoms with Crippen molar-refractivity contribution in [2.45, 2.75) is 45.7 Å². The summed E-state index contributed by atoms with van der Waals surface area (Å²) in [5, 5.41) is 6.18. The maximum atomic E-state index is 12.9. The second-order valence-electron chi connectivity index (χ2n) is 4.94. The van der Waals surface area contributed by atoms with Crippen molar-refractivity contribution in [1.29, 1.82) is 0 Å². The molecule has 1 unspecified atom stereocenters. The van der Waals surface area contributed by atoms with Crippen molar-refractivity contribution >= 4 is 5.91 Å². The van der Waals surface area contributed by atoms with E-state index >= 15 is 0 Å². The highest BCUT2D eigenvalue weighted by Gasteiger charge is 2.09. The van der Waals surface area contributed by atoms with Crippen molar-refractivity contribution in [2.24, 2.45) is 0 Å². The molecule has 0 fully saturated rings. The van der Waals surface area contributed by atoms with E-state index in [0.717, 1.165) is 12.0 Å². The Labute approximate surface area is 114 Å². The van der Waals surface area contributed by atoms with Crippen LogP contribution >= 0.6 is 0 Å². The third-order valence-electron chi connectivity index (χ3n) is 2.87. The molecule has 106 valence electrons. The zero-order valence-electron chi connectivity index (χ0n) is 11.9. The van der Waals surface area contributed by atoms with Gasteiger partial charge in [-0.25, -0.2) is 4.39 Å². The van der Waals surface area contributed by atoms with Gasteiger partial charge in [-0.1, -0.05) is 19.1 Å². The molecule has 19 heavy (non-hydrogen) atoms. The van der Waals surface area contributed by atoms with E-state index < -0.39 is 0 Å². The minimum absolute atomic E-state index is 0.0523. The number of hydrogen-bond acceptors (Lipinski definition) is 2. The van der Waals surface area contributed by atoms with Crippen molar-refractivity contribution in [1.82, 2.24) is 10.6 Å². The molecule has 2 N–H and O–H groups in total. The van der Waals surface area contributed by atoms with Crippen molar-refractivity contribution in [3.05, 3.63) is 35.6 Å². The van der Waals surface area contributed by atoms with Gasteiger partial charge in [-0.2, -0.15) is 0 Å². The Morgan fingerprint density at radius 3 is 2.42 bits per heavy atom. The van der Waals surface area contributed by atoms with Gasteiger partial charge in [0.2, 0.25) is 5.91 Å². The molecule has 0 aliphatic rings. The van der Waals surface area contributed by atoms with Gasteiger partial charge in [0, 0.05) is 25.0 Å². The Balaban J connectivity index is 2.41. The molecule has 0 bridgehead atoms. The molecule has 1 aromatic rings. The normalized spacial score (nSPS) is 12.5. The number of amides is 1. The maximum absolute atomic E-state index is 12.9. The topological polar surface area (TPSA) is 41.1 Å². The van der Waals surface area contributed by atoms with Crippen LogP contribution in [0.2, 0.25) is 0 Å². The van der Waals surface area contributed by atoms with Crippen LogP contribution in [0, 0.1) is 5.82 Å². The van der Waals surface area contributed by atoms with Crippen LogP contribution in [-0.2, 0) is 4.79 Å². The molecule has 1 atom stereocenters. The largest absolute Gasteiger partial charge is 0.354 e. The number of carbonyl (C=O) groups is 1. The van der Waals surface area contributed by atoms with E-state index in [-0.39, 0.29) is 23.8 Å². The summed E-state index contributed by atoms with van der Waals surface area (Å²) in [5.41, 5.74) is 1.05. The summed E-state index contributed by atoms with van der Waals surface area (Å²) in [6.45, 7) is 6.57. The minimum atomic E-state index is -0.227. The molecule has 3 nitrogen and oxygen atoms in total. The van der Waals surface area contributed by atoms with Crippen LogP contribution in [-0.4, -0.2) is 18.5 Å². The molecule has 0 spiro atoms. The average Bonchev–Trinajstić information content (AvgIpc) is 2.35. The first-order chi connectivity index (χ1) is 9.02. The summed E-state index contributed by atoms with van der Waals surface area (Å²) in [5.74, 6) is -0.175. The molecule has 0 saturated carbocycles. The molecule has 4 heteroatoms. The van der Waals surface area contributed by atoms with Gasteiger partial charge in [-0.15, -0.1) is 0 Å². The Bertz CT molecular complexity index is 390. The first-order valence-electron chi connectivity index (χ1n) is 6.81. The van der Waals surface area contributed by atoms with Crippen molar-refractivity contribution in [3.8, 4) is 0 Å². The predicted octanol–water partition coefficient (Wildman–Crippen LogP) is 2.78. The molecular formula is C15H23FN2O. The molecule has 1 rings (SSSR count). The minimum Gasteiger partial charge on any atom is -0.354 e. The summed E-state index contributed by atoms with van der Waals surface area (Å²) in [6.07, 6.45) is 1.35. The van der Waals surface area contributed by atoms with Crippen LogP contribution in [0.5, 0.6) is 0 Å². The summed E-state index contributed by atoms with van der Waals surface area (Å²) in [4.78, 5) is 11.5. The zero-order valence-corrected chi connectivity index (χ0v) is 11.9. The average molecular weight is 266 g/mol. The molecule has 0 saturated heterocycles. The van der Waals surface area contributed by atoms with Gasteiger partial charge in [-0.05, 0) is 38.0 Å². The van der Waals surface area contributed by atoms with Crippen molar-refractivity contribution in [2.75, 3.05) is 6.54 Å². The van der Waals surface area contributed by atoms with Gasteiger partial charge >= 0.3 is 0 Å². The summed E-state index contributed by atoms with van der Waals surface area (Å²) in [7, 11) is 0. The Kier molecular flexibility index (Phi) is 6.50. The second-order valence-corrected chi connectivity index (χ2v) is 4.94. The van der Waals surface area contributed by atoms with E-state index in [9.17, 15) is 9.18 Å². The fraction of sp³-hybridized carbons (Fsp3) is 0.533. The summed E-state index contributed by atoms with van der Waals surface area (Å²) >= 11 is 0. The molecule has 0 aliphatic heterocycles. The third-order valence-corrected chi connectivity index (χ3v) is 2.87. The van der Waals surface area contributed by atoms with E-state index in [4.69, 9.17) is 0 Å². The lowest BCUT2D eigenvalue weighted by atomic mass is 10.0. The van der Waals surface area contributed by atoms with Crippen molar-refractivity contribution < 1.29 is 9.18 Å². The van der Waals surface area contributed by atoms with Gasteiger partial charge in [0.25, 0.3) is 0 Å².